The summed E-state index contributed by atoms with van der Waals surface area (Å²) < 4.78 is 0. The van der Waals surface area contributed by atoms with Crippen LogP contribution in [0.5, 0.6) is 0 Å². The van der Waals surface area contributed by atoms with E-state index in [1.54, 1.807) is 0 Å². The molecule has 0 atom stereocenters. The van der Waals surface area contributed by atoms with E-state index in [4.69, 9.17) is 23.2 Å². The number of halogens is 2. The van der Waals surface area contributed by atoms with Gasteiger partial charge < -0.3 is 5.32 Å². The predicted octanol–water partition coefficient (Wildman–Crippen LogP) is 4.31. The van der Waals surface area contributed by atoms with Crippen molar-refractivity contribution in [3.8, 4) is 0 Å². The van der Waals surface area contributed by atoms with E-state index in [0.717, 1.165) is 12.8 Å². The molecule has 0 bridgehead atoms. The van der Waals surface area contributed by atoms with Crippen molar-refractivity contribution in [3.05, 3.63) is 46.5 Å². The van der Waals surface area contributed by atoms with Crippen molar-refractivity contribution >= 4 is 23.2 Å². The van der Waals surface area contributed by atoms with Gasteiger partial charge in [-0.05, 0) is 32.3 Å². The van der Waals surface area contributed by atoms with Gasteiger partial charge in [0.05, 0.1) is 0 Å². The molecule has 0 aliphatic heterocycles. The van der Waals surface area contributed by atoms with Gasteiger partial charge in [0.15, 0.2) is 0 Å². The Kier molecular flexibility index (Phi) is 6.04. The largest absolute Gasteiger partial charge is 0.307 e. The van der Waals surface area contributed by atoms with Gasteiger partial charge in [-0.1, -0.05) is 53.5 Å². The first-order valence-corrected chi connectivity index (χ1v) is 6.59. The van der Waals surface area contributed by atoms with Gasteiger partial charge in [-0.2, -0.15) is 0 Å². The molecule has 0 aromatic heterocycles. The average molecular weight is 272 g/mol. The highest BCUT2D eigenvalue weighted by atomic mass is 35.5. The summed E-state index contributed by atoms with van der Waals surface area (Å²) in [5, 5.41) is 4.03. The van der Waals surface area contributed by atoms with E-state index >= 15 is 0 Å². The molecule has 0 fully saturated rings. The number of aryl methyl sites for hydroxylation is 1. The number of hydrogen-bond donors (Lipinski definition) is 1. The summed E-state index contributed by atoms with van der Waals surface area (Å²) in [7, 11) is 0. The Hall–Kier alpha value is -0.500. The Balaban J connectivity index is 2.39. The molecule has 0 saturated heterocycles. The number of nitrogens with one attached hydrogen (secondary N) is 1. The van der Waals surface area contributed by atoms with Crippen molar-refractivity contribution in [2.75, 3.05) is 6.54 Å². The number of rotatable bonds is 6. The molecule has 1 nitrogen and oxygen atoms in total. The maximum atomic E-state index is 5.86. The molecule has 3 heteroatoms. The lowest BCUT2D eigenvalue weighted by molar-refractivity contribution is 0.378. The van der Waals surface area contributed by atoms with Crippen molar-refractivity contribution in [2.45, 2.75) is 32.2 Å². The molecule has 0 aliphatic carbocycles. The van der Waals surface area contributed by atoms with Crippen LogP contribution in [0.3, 0.4) is 0 Å². The highest BCUT2D eigenvalue weighted by molar-refractivity contribution is 6.36. The quantitative estimate of drug-likeness (QED) is 0.813. The van der Waals surface area contributed by atoms with Gasteiger partial charge in [0.25, 0.3) is 0 Å². The topological polar surface area (TPSA) is 12.0 Å². The summed E-state index contributed by atoms with van der Waals surface area (Å²) >= 11 is 11.4. The highest BCUT2D eigenvalue weighted by Crippen LogP contribution is 2.14. The summed E-state index contributed by atoms with van der Waals surface area (Å²) in [5.41, 5.74) is 2.82. The lowest BCUT2D eigenvalue weighted by Crippen LogP contribution is -2.40. The van der Waals surface area contributed by atoms with Crippen LogP contribution in [-0.2, 0) is 6.42 Å². The summed E-state index contributed by atoms with van der Waals surface area (Å²) in [6.07, 6.45) is 2.12. The molecule has 1 rings (SSSR count). The fourth-order valence-corrected chi connectivity index (χ4v) is 1.70. The molecule has 0 heterocycles. The Morgan fingerprint density at radius 2 is 1.94 bits per heavy atom. The van der Waals surface area contributed by atoms with Crippen LogP contribution < -0.4 is 5.32 Å². The second-order valence-corrected chi connectivity index (χ2v) is 5.48. The molecular formula is C14H19Cl2N. The van der Waals surface area contributed by atoms with E-state index in [1.807, 2.05) is 6.07 Å². The third-order valence-electron chi connectivity index (χ3n) is 2.74. The van der Waals surface area contributed by atoms with E-state index in [2.05, 4.69) is 43.4 Å². The first kappa shape index (κ1) is 14.6. The molecule has 1 aromatic rings. The predicted molar refractivity (Wildman–Crippen MR) is 76.6 cm³/mol. The SMILES string of the molecule is CC(C)(CCc1ccccc1)NC/C(Cl)=C/Cl. The van der Waals surface area contributed by atoms with Gasteiger partial charge in [-0.25, -0.2) is 0 Å². The van der Waals surface area contributed by atoms with Crippen molar-refractivity contribution in [2.24, 2.45) is 0 Å². The van der Waals surface area contributed by atoms with Gasteiger partial charge in [0, 0.05) is 22.7 Å². The summed E-state index contributed by atoms with van der Waals surface area (Å²) in [6.45, 7) is 4.97. The van der Waals surface area contributed by atoms with Crippen LogP contribution in [0, 0.1) is 0 Å². The molecule has 0 radical (unpaired) electrons. The molecule has 0 spiro atoms. The fourth-order valence-electron chi connectivity index (χ4n) is 1.55. The van der Waals surface area contributed by atoms with Crippen LogP contribution in [0.4, 0.5) is 0 Å². The summed E-state index contributed by atoms with van der Waals surface area (Å²) in [6, 6.07) is 10.5. The first-order valence-electron chi connectivity index (χ1n) is 5.77. The van der Waals surface area contributed by atoms with Gasteiger partial charge in [0.2, 0.25) is 0 Å². The minimum Gasteiger partial charge on any atom is -0.307 e. The van der Waals surface area contributed by atoms with Crippen molar-refractivity contribution in [1.82, 2.24) is 5.32 Å². The molecular weight excluding hydrogens is 253 g/mol. The van der Waals surface area contributed by atoms with Crippen LogP contribution in [0.2, 0.25) is 0 Å². The first-order chi connectivity index (χ1) is 8.03. The summed E-state index contributed by atoms with van der Waals surface area (Å²) in [4.78, 5) is 0. The summed E-state index contributed by atoms with van der Waals surface area (Å²) in [5.74, 6) is 0. The second-order valence-electron chi connectivity index (χ2n) is 4.78. The Labute approximate surface area is 114 Å². The molecule has 17 heavy (non-hydrogen) atoms. The van der Waals surface area contributed by atoms with E-state index in [1.165, 1.54) is 11.1 Å². The maximum absolute atomic E-state index is 5.86. The van der Waals surface area contributed by atoms with Gasteiger partial charge in [0.1, 0.15) is 0 Å². The number of benzene rings is 1. The molecule has 0 amide bonds. The molecule has 1 N–H and O–H groups in total. The van der Waals surface area contributed by atoms with Crippen LogP contribution in [-0.4, -0.2) is 12.1 Å². The monoisotopic (exact) mass is 271 g/mol. The van der Waals surface area contributed by atoms with E-state index < -0.39 is 0 Å². The van der Waals surface area contributed by atoms with E-state index in [0.29, 0.717) is 11.6 Å². The zero-order chi connectivity index (χ0) is 12.7. The lowest BCUT2D eigenvalue weighted by atomic mass is 9.95. The lowest BCUT2D eigenvalue weighted by Gasteiger charge is -2.26. The van der Waals surface area contributed by atoms with Gasteiger partial charge in [-0.15, -0.1) is 0 Å². The molecule has 94 valence electrons. The second kappa shape index (κ2) is 7.05. The average Bonchev–Trinajstić information content (AvgIpc) is 2.35. The highest BCUT2D eigenvalue weighted by Gasteiger charge is 2.16. The molecule has 0 unspecified atom stereocenters. The van der Waals surface area contributed by atoms with E-state index in [-0.39, 0.29) is 5.54 Å². The third kappa shape index (κ3) is 6.11. The van der Waals surface area contributed by atoms with Crippen molar-refractivity contribution in [3.63, 3.8) is 0 Å². The minimum absolute atomic E-state index is 0.0515. The molecule has 0 aliphatic rings. The third-order valence-corrected chi connectivity index (χ3v) is 3.35. The van der Waals surface area contributed by atoms with Crippen LogP contribution in [0.25, 0.3) is 0 Å². The minimum atomic E-state index is 0.0515. The Bertz CT molecular complexity index is 358. The fraction of sp³-hybridized carbons (Fsp3) is 0.429. The Morgan fingerprint density at radius 1 is 1.29 bits per heavy atom. The zero-order valence-corrected chi connectivity index (χ0v) is 11.9. The standard InChI is InChI=1S/C14H19Cl2N/c1-14(2,17-11-13(16)10-15)9-8-12-6-4-3-5-7-12/h3-7,10,17H,8-9,11H2,1-2H3/b13-10-. The smallest absolute Gasteiger partial charge is 0.0432 e. The molecule has 0 saturated carbocycles. The number of hydrogen-bond acceptors (Lipinski definition) is 1. The Morgan fingerprint density at radius 3 is 2.53 bits per heavy atom. The van der Waals surface area contributed by atoms with Crippen molar-refractivity contribution < 1.29 is 0 Å². The van der Waals surface area contributed by atoms with Gasteiger partial charge in [-0.3, -0.25) is 0 Å². The van der Waals surface area contributed by atoms with Crippen LogP contribution >= 0.6 is 23.2 Å². The maximum Gasteiger partial charge on any atom is 0.0432 e. The van der Waals surface area contributed by atoms with Crippen LogP contribution in [0.15, 0.2) is 40.9 Å². The molecule has 1 aromatic carbocycles. The van der Waals surface area contributed by atoms with E-state index in [9.17, 15) is 0 Å². The van der Waals surface area contributed by atoms with Crippen LogP contribution in [0.1, 0.15) is 25.8 Å². The zero-order valence-electron chi connectivity index (χ0n) is 10.3. The van der Waals surface area contributed by atoms with Crippen molar-refractivity contribution in [1.29, 1.82) is 0 Å². The van der Waals surface area contributed by atoms with Gasteiger partial charge >= 0.3 is 0 Å². The normalized spacial score (nSPS) is 12.8.